The summed E-state index contributed by atoms with van der Waals surface area (Å²) in [6, 6.07) is 11.7. The number of nitrogens with two attached hydrogens (primary N) is 1. The van der Waals surface area contributed by atoms with Gasteiger partial charge in [0.2, 0.25) is 0 Å². The molecule has 3 N–H and O–H groups in total. The number of thiophene rings is 1. The number of hydrogen-bond donors (Lipinski definition) is 2. The average Bonchev–Trinajstić information content (AvgIpc) is 2.86. The van der Waals surface area contributed by atoms with E-state index < -0.39 is 0 Å². The van der Waals surface area contributed by atoms with E-state index in [0.29, 0.717) is 12.1 Å². The molecule has 1 heterocycles. The summed E-state index contributed by atoms with van der Waals surface area (Å²) in [5, 5.41) is 2.60. The molecular formula is C13H14N2OS2. The highest BCUT2D eigenvalue weighted by Crippen LogP contribution is 2.33. The van der Waals surface area contributed by atoms with Crippen LogP contribution in [0.5, 0.6) is 0 Å². The normalized spacial score (nSPS) is 10.3. The van der Waals surface area contributed by atoms with Crippen LogP contribution < -0.4 is 11.1 Å². The topological polar surface area (TPSA) is 55.1 Å². The molecule has 94 valence electrons. The summed E-state index contributed by atoms with van der Waals surface area (Å²) in [5.74, 6) is -0.0620. The Kier molecular flexibility index (Phi) is 4.41. The van der Waals surface area contributed by atoms with Crippen LogP contribution in [0.25, 0.3) is 0 Å². The zero-order valence-electron chi connectivity index (χ0n) is 9.97. The molecular weight excluding hydrogens is 264 g/mol. The van der Waals surface area contributed by atoms with Crippen molar-refractivity contribution < 1.29 is 4.79 Å². The Morgan fingerprint density at radius 2 is 2.00 bits per heavy atom. The summed E-state index contributed by atoms with van der Waals surface area (Å²) < 4.78 is 1.21. The van der Waals surface area contributed by atoms with Crippen molar-refractivity contribution in [3.8, 4) is 0 Å². The van der Waals surface area contributed by atoms with Gasteiger partial charge in [0, 0.05) is 28.9 Å². The molecule has 0 aliphatic rings. The van der Waals surface area contributed by atoms with E-state index in [0.717, 1.165) is 4.90 Å². The van der Waals surface area contributed by atoms with Gasteiger partial charge in [-0.3, -0.25) is 4.79 Å². The lowest BCUT2D eigenvalue weighted by molar-refractivity contribution is 0.0963. The summed E-state index contributed by atoms with van der Waals surface area (Å²) in [5.41, 5.74) is 6.26. The van der Waals surface area contributed by atoms with Gasteiger partial charge >= 0.3 is 0 Å². The number of amides is 1. The van der Waals surface area contributed by atoms with Crippen LogP contribution in [-0.2, 0) is 6.54 Å². The number of hydrogen-bond acceptors (Lipinski definition) is 4. The lowest BCUT2D eigenvalue weighted by Gasteiger charge is -2.01. The Balaban J connectivity index is 2.08. The standard InChI is InChI=1S/C13H14N2OS2/c1-15-13(16)9-2-4-10(5-3-9)17-12-7-6-11(8-14)18-12/h2-7H,8,14H2,1H3,(H,15,16). The van der Waals surface area contributed by atoms with Crippen molar-refractivity contribution in [2.45, 2.75) is 15.6 Å². The molecule has 2 rings (SSSR count). The van der Waals surface area contributed by atoms with E-state index in [1.54, 1.807) is 30.1 Å². The molecule has 0 saturated carbocycles. The molecule has 0 saturated heterocycles. The fourth-order valence-electron chi connectivity index (χ4n) is 1.46. The van der Waals surface area contributed by atoms with Gasteiger partial charge in [-0.15, -0.1) is 11.3 Å². The first-order chi connectivity index (χ1) is 8.72. The van der Waals surface area contributed by atoms with Crippen LogP contribution in [0.15, 0.2) is 45.5 Å². The van der Waals surface area contributed by atoms with Crippen LogP contribution in [0.4, 0.5) is 0 Å². The Bertz CT molecular complexity index is 534. The Morgan fingerprint density at radius 1 is 1.28 bits per heavy atom. The Morgan fingerprint density at radius 3 is 2.56 bits per heavy atom. The third kappa shape index (κ3) is 3.13. The van der Waals surface area contributed by atoms with Gasteiger partial charge in [-0.2, -0.15) is 0 Å². The first-order valence-corrected chi connectivity index (χ1v) is 7.15. The molecule has 2 aromatic rings. The SMILES string of the molecule is CNC(=O)c1ccc(Sc2ccc(CN)s2)cc1. The van der Waals surface area contributed by atoms with Gasteiger partial charge in [-0.05, 0) is 36.4 Å². The lowest BCUT2D eigenvalue weighted by atomic mass is 10.2. The lowest BCUT2D eigenvalue weighted by Crippen LogP contribution is -2.17. The fourth-order valence-corrected chi connectivity index (χ4v) is 3.49. The van der Waals surface area contributed by atoms with Gasteiger partial charge in [0.15, 0.2) is 0 Å². The fraction of sp³-hybridized carbons (Fsp3) is 0.154. The minimum absolute atomic E-state index is 0.0620. The highest BCUT2D eigenvalue weighted by molar-refractivity contribution is 8.01. The van der Waals surface area contributed by atoms with Crippen LogP contribution in [0, 0.1) is 0 Å². The summed E-state index contributed by atoms with van der Waals surface area (Å²) in [7, 11) is 1.63. The summed E-state index contributed by atoms with van der Waals surface area (Å²) in [6.45, 7) is 0.584. The summed E-state index contributed by atoms with van der Waals surface area (Å²) in [4.78, 5) is 13.7. The second-order valence-electron chi connectivity index (χ2n) is 3.63. The van der Waals surface area contributed by atoms with Crippen molar-refractivity contribution in [2.24, 2.45) is 5.73 Å². The third-order valence-corrected chi connectivity index (χ3v) is 4.65. The van der Waals surface area contributed by atoms with Crippen molar-refractivity contribution in [2.75, 3.05) is 7.05 Å². The Hall–Kier alpha value is -1.30. The van der Waals surface area contributed by atoms with E-state index >= 15 is 0 Å². The second-order valence-corrected chi connectivity index (χ2v) is 6.17. The molecule has 1 amide bonds. The second kappa shape index (κ2) is 6.04. The van der Waals surface area contributed by atoms with Crippen molar-refractivity contribution >= 4 is 29.0 Å². The summed E-state index contributed by atoms with van der Waals surface area (Å²) in [6.07, 6.45) is 0. The van der Waals surface area contributed by atoms with Crippen LogP contribution >= 0.6 is 23.1 Å². The Labute approximate surface area is 114 Å². The van der Waals surface area contributed by atoms with Crippen LogP contribution in [0.1, 0.15) is 15.2 Å². The number of carbonyl (C=O) groups excluding carboxylic acids is 1. The highest BCUT2D eigenvalue weighted by atomic mass is 32.2. The average molecular weight is 278 g/mol. The first kappa shape index (κ1) is 13.1. The largest absolute Gasteiger partial charge is 0.355 e. The molecule has 0 radical (unpaired) electrons. The van der Waals surface area contributed by atoms with Crippen LogP contribution in [-0.4, -0.2) is 13.0 Å². The predicted molar refractivity (Wildman–Crippen MR) is 76.2 cm³/mol. The maximum Gasteiger partial charge on any atom is 0.251 e. The molecule has 1 aromatic carbocycles. The molecule has 0 atom stereocenters. The van der Waals surface area contributed by atoms with E-state index in [-0.39, 0.29) is 5.91 Å². The van der Waals surface area contributed by atoms with Gasteiger partial charge in [0.25, 0.3) is 5.91 Å². The van der Waals surface area contributed by atoms with Crippen LogP contribution in [0.2, 0.25) is 0 Å². The number of nitrogens with one attached hydrogen (secondary N) is 1. The smallest absolute Gasteiger partial charge is 0.251 e. The molecule has 0 spiro atoms. The zero-order chi connectivity index (χ0) is 13.0. The number of benzene rings is 1. The molecule has 5 heteroatoms. The molecule has 0 fully saturated rings. The van der Waals surface area contributed by atoms with E-state index in [1.807, 2.05) is 30.3 Å². The zero-order valence-corrected chi connectivity index (χ0v) is 11.6. The predicted octanol–water partition coefficient (Wildman–Crippen LogP) is 2.72. The molecule has 0 unspecified atom stereocenters. The molecule has 1 aromatic heterocycles. The third-order valence-electron chi connectivity index (χ3n) is 2.40. The molecule has 18 heavy (non-hydrogen) atoms. The summed E-state index contributed by atoms with van der Waals surface area (Å²) >= 11 is 3.38. The minimum Gasteiger partial charge on any atom is -0.355 e. The van der Waals surface area contributed by atoms with Crippen molar-refractivity contribution in [3.05, 3.63) is 46.8 Å². The first-order valence-electron chi connectivity index (χ1n) is 5.51. The number of carbonyl (C=O) groups is 1. The molecule has 0 bridgehead atoms. The monoisotopic (exact) mass is 278 g/mol. The van der Waals surface area contributed by atoms with Crippen molar-refractivity contribution in [1.29, 1.82) is 0 Å². The van der Waals surface area contributed by atoms with Gasteiger partial charge in [0.05, 0.1) is 4.21 Å². The van der Waals surface area contributed by atoms with E-state index in [2.05, 4.69) is 11.4 Å². The maximum absolute atomic E-state index is 11.4. The van der Waals surface area contributed by atoms with Gasteiger partial charge in [-0.25, -0.2) is 0 Å². The van der Waals surface area contributed by atoms with Gasteiger partial charge in [0.1, 0.15) is 0 Å². The van der Waals surface area contributed by atoms with E-state index in [9.17, 15) is 4.79 Å². The van der Waals surface area contributed by atoms with Gasteiger partial charge < -0.3 is 11.1 Å². The quantitative estimate of drug-likeness (QED) is 0.904. The number of rotatable bonds is 4. The van der Waals surface area contributed by atoms with Crippen molar-refractivity contribution in [3.63, 3.8) is 0 Å². The molecule has 0 aliphatic heterocycles. The van der Waals surface area contributed by atoms with Gasteiger partial charge in [-0.1, -0.05) is 11.8 Å². The van der Waals surface area contributed by atoms with E-state index in [1.165, 1.54) is 9.09 Å². The van der Waals surface area contributed by atoms with Crippen LogP contribution in [0.3, 0.4) is 0 Å². The highest BCUT2D eigenvalue weighted by Gasteiger charge is 2.04. The maximum atomic E-state index is 11.4. The van der Waals surface area contributed by atoms with E-state index in [4.69, 9.17) is 5.73 Å². The molecule has 0 aliphatic carbocycles. The minimum atomic E-state index is -0.0620. The molecule has 3 nitrogen and oxygen atoms in total. The van der Waals surface area contributed by atoms with Crippen molar-refractivity contribution in [1.82, 2.24) is 5.32 Å².